The van der Waals surface area contributed by atoms with Crippen LogP contribution in [0, 0.1) is 13.8 Å². The Balaban J connectivity index is 1.37. The van der Waals surface area contributed by atoms with Gasteiger partial charge in [0.05, 0.1) is 24.8 Å². The topological polar surface area (TPSA) is 74.0 Å². The van der Waals surface area contributed by atoms with Crippen LogP contribution in [-0.2, 0) is 16.1 Å². The predicted molar refractivity (Wildman–Crippen MR) is 102 cm³/mol. The molecule has 27 heavy (non-hydrogen) atoms. The third-order valence-corrected chi connectivity index (χ3v) is 5.04. The van der Waals surface area contributed by atoms with Crippen molar-refractivity contribution in [1.82, 2.24) is 19.3 Å². The monoisotopic (exact) mass is 365 g/mol. The Kier molecular flexibility index (Phi) is 4.77. The van der Waals surface area contributed by atoms with Gasteiger partial charge in [-0.3, -0.25) is 9.48 Å². The van der Waals surface area contributed by atoms with E-state index in [0.29, 0.717) is 5.92 Å². The number of rotatable bonds is 5. The number of anilines is 1. The Bertz CT molecular complexity index is 936. The van der Waals surface area contributed by atoms with E-state index in [1.807, 2.05) is 61.4 Å². The zero-order valence-corrected chi connectivity index (χ0v) is 15.6. The SMILES string of the molecule is Cc1ncn(-c2ccc(NC(=O)Cn3cc(C4CCOC4)cn3)cc2)c1C. The van der Waals surface area contributed by atoms with E-state index in [2.05, 4.69) is 15.4 Å². The number of ether oxygens (including phenoxy) is 1. The molecule has 1 aromatic carbocycles. The molecular formula is C20H23N5O2. The lowest BCUT2D eigenvalue weighted by Gasteiger charge is -2.09. The van der Waals surface area contributed by atoms with Crippen molar-refractivity contribution in [2.75, 3.05) is 18.5 Å². The van der Waals surface area contributed by atoms with E-state index in [9.17, 15) is 4.79 Å². The van der Waals surface area contributed by atoms with Gasteiger partial charge >= 0.3 is 0 Å². The van der Waals surface area contributed by atoms with Crippen LogP contribution in [0.4, 0.5) is 5.69 Å². The molecule has 7 nitrogen and oxygen atoms in total. The van der Waals surface area contributed by atoms with Crippen molar-refractivity contribution in [2.24, 2.45) is 0 Å². The molecule has 1 fully saturated rings. The fraction of sp³-hybridized carbons (Fsp3) is 0.350. The number of hydrogen-bond donors (Lipinski definition) is 1. The number of amides is 1. The predicted octanol–water partition coefficient (Wildman–Crippen LogP) is 2.83. The molecule has 7 heteroatoms. The van der Waals surface area contributed by atoms with E-state index in [4.69, 9.17) is 4.74 Å². The minimum Gasteiger partial charge on any atom is -0.381 e. The van der Waals surface area contributed by atoms with Gasteiger partial charge in [-0.05, 0) is 50.1 Å². The Morgan fingerprint density at radius 1 is 1.30 bits per heavy atom. The fourth-order valence-electron chi connectivity index (χ4n) is 3.29. The summed E-state index contributed by atoms with van der Waals surface area (Å²) in [6.07, 6.45) is 6.59. The number of aryl methyl sites for hydroxylation is 1. The highest BCUT2D eigenvalue weighted by Crippen LogP contribution is 2.24. The number of hydrogen-bond acceptors (Lipinski definition) is 4. The molecule has 1 unspecified atom stereocenters. The fourth-order valence-corrected chi connectivity index (χ4v) is 3.29. The molecule has 0 saturated carbocycles. The Morgan fingerprint density at radius 3 is 2.78 bits per heavy atom. The number of carbonyl (C=O) groups excluding carboxylic acids is 1. The molecule has 0 spiro atoms. The molecule has 1 aliphatic rings. The van der Waals surface area contributed by atoms with Crippen LogP contribution in [0.3, 0.4) is 0 Å². The normalized spacial score (nSPS) is 16.6. The first-order chi connectivity index (χ1) is 13.1. The molecule has 1 saturated heterocycles. The molecule has 0 radical (unpaired) electrons. The lowest BCUT2D eigenvalue weighted by Crippen LogP contribution is -2.19. The zero-order chi connectivity index (χ0) is 18.8. The molecule has 1 amide bonds. The van der Waals surface area contributed by atoms with Crippen molar-refractivity contribution in [3.8, 4) is 5.69 Å². The summed E-state index contributed by atoms with van der Waals surface area (Å²) < 4.78 is 9.11. The van der Waals surface area contributed by atoms with E-state index in [0.717, 1.165) is 48.0 Å². The maximum absolute atomic E-state index is 12.3. The van der Waals surface area contributed by atoms with Crippen LogP contribution in [0.2, 0.25) is 0 Å². The van der Waals surface area contributed by atoms with E-state index in [-0.39, 0.29) is 12.5 Å². The highest BCUT2D eigenvalue weighted by atomic mass is 16.5. The van der Waals surface area contributed by atoms with Crippen molar-refractivity contribution < 1.29 is 9.53 Å². The molecule has 2 aromatic heterocycles. The van der Waals surface area contributed by atoms with Crippen molar-refractivity contribution in [3.05, 3.63) is 59.9 Å². The summed E-state index contributed by atoms with van der Waals surface area (Å²) in [5.74, 6) is 0.291. The summed E-state index contributed by atoms with van der Waals surface area (Å²) in [5.41, 5.74) is 5.02. The van der Waals surface area contributed by atoms with Crippen LogP contribution in [-0.4, -0.2) is 38.5 Å². The molecule has 0 aliphatic carbocycles. The second-order valence-electron chi connectivity index (χ2n) is 6.91. The summed E-state index contributed by atoms with van der Waals surface area (Å²) in [7, 11) is 0. The van der Waals surface area contributed by atoms with Crippen LogP contribution >= 0.6 is 0 Å². The van der Waals surface area contributed by atoms with Crippen molar-refractivity contribution >= 4 is 11.6 Å². The van der Waals surface area contributed by atoms with Crippen molar-refractivity contribution in [1.29, 1.82) is 0 Å². The van der Waals surface area contributed by atoms with Gasteiger partial charge < -0.3 is 14.6 Å². The Labute approximate surface area is 158 Å². The summed E-state index contributed by atoms with van der Waals surface area (Å²) >= 11 is 0. The number of benzene rings is 1. The minimum atomic E-state index is -0.102. The summed E-state index contributed by atoms with van der Waals surface area (Å²) in [6.45, 7) is 5.74. The highest BCUT2D eigenvalue weighted by molar-refractivity contribution is 5.90. The molecule has 1 N–H and O–H groups in total. The van der Waals surface area contributed by atoms with Gasteiger partial charge in [-0.2, -0.15) is 5.10 Å². The third-order valence-electron chi connectivity index (χ3n) is 5.04. The Hall–Kier alpha value is -2.93. The molecule has 4 rings (SSSR count). The minimum absolute atomic E-state index is 0.102. The molecule has 140 valence electrons. The van der Waals surface area contributed by atoms with E-state index in [1.165, 1.54) is 0 Å². The first kappa shape index (κ1) is 17.5. The quantitative estimate of drug-likeness (QED) is 0.754. The molecular weight excluding hydrogens is 342 g/mol. The second-order valence-corrected chi connectivity index (χ2v) is 6.91. The average molecular weight is 365 g/mol. The smallest absolute Gasteiger partial charge is 0.246 e. The van der Waals surface area contributed by atoms with Gasteiger partial charge in [-0.1, -0.05) is 0 Å². The lowest BCUT2D eigenvalue weighted by atomic mass is 10.0. The summed E-state index contributed by atoms with van der Waals surface area (Å²) in [4.78, 5) is 16.6. The van der Waals surface area contributed by atoms with E-state index in [1.54, 1.807) is 4.68 Å². The van der Waals surface area contributed by atoms with Crippen molar-refractivity contribution in [2.45, 2.75) is 32.7 Å². The van der Waals surface area contributed by atoms with Crippen LogP contribution in [0.5, 0.6) is 0 Å². The van der Waals surface area contributed by atoms with Gasteiger partial charge in [0, 0.05) is 35.8 Å². The molecule has 3 aromatic rings. The molecule has 0 bridgehead atoms. The standard InChI is InChI=1S/C20H23N5O2/c1-14-15(2)25(13-21-14)19-5-3-18(4-6-19)23-20(26)11-24-10-17(9-22-24)16-7-8-27-12-16/h3-6,9-10,13,16H,7-8,11-12H2,1-2H3,(H,23,26). The first-order valence-corrected chi connectivity index (χ1v) is 9.11. The maximum atomic E-state index is 12.3. The van der Waals surface area contributed by atoms with Crippen LogP contribution in [0.1, 0.15) is 29.3 Å². The van der Waals surface area contributed by atoms with Crippen LogP contribution < -0.4 is 5.32 Å². The number of carbonyl (C=O) groups is 1. The molecule has 3 heterocycles. The first-order valence-electron chi connectivity index (χ1n) is 9.11. The van der Waals surface area contributed by atoms with Gasteiger partial charge in [0.1, 0.15) is 6.54 Å². The zero-order valence-electron chi connectivity index (χ0n) is 15.6. The van der Waals surface area contributed by atoms with Crippen LogP contribution in [0.25, 0.3) is 5.69 Å². The third kappa shape index (κ3) is 3.78. The summed E-state index contributed by atoms with van der Waals surface area (Å²) in [5, 5.41) is 7.22. The van der Waals surface area contributed by atoms with Crippen molar-refractivity contribution in [3.63, 3.8) is 0 Å². The summed E-state index contributed by atoms with van der Waals surface area (Å²) in [6, 6.07) is 7.73. The number of nitrogens with one attached hydrogen (secondary N) is 1. The Morgan fingerprint density at radius 2 is 2.11 bits per heavy atom. The van der Waals surface area contributed by atoms with Gasteiger partial charge in [-0.15, -0.1) is 0 Å². The molecule has 1 aliphatic heterocycles. The lowest BCUT2D eigenvalue weighted by molar-refractivity contribution is -0.116. The highest BCUT2D eigenvalue weighted by Gasteiger charge is 2.19. The number of nitrogens with zero attached hydrogens (tertiary/aromatic N) is 4. The van der Waals surface area contributed by atoms with Gasteiger partial charge in [0.2, 0.25) is 5.91 Å². The maximum Gasteiger partial charge on any atom is 0.246 e. The van der Waals surface area contributed by atoms with E-state index >= 15 is 0 Å². The molecule has 1 atom stereocenters. The number of imidazole rings is 1. The second kappa shape index (κ2) is 7.36. The van der Waals surface area contributed by atoms with Gasteiger partial charge in [-0.25, -0.2) is 4.98 Å². The van der Waals surface area contributed by atoms with Crippen LogP contribution in [0.15, 0.2) is 43.0 Å². The van der Waals surface area contributed by atoms with Gasteiger partial charge in [0.25, 0.3) is 0 Å². The van der Waals surface area contributed by atoms with E-state index < -0.39 is 0 Å². The van der Waals surface area contributed by atoms with Gasteiger partial charge in [0.15, 0.2) is 0 Å². The number of aromatic nitrogens is 4. The average Bonchev–Trinajstić information content (AvgIpc) is 3.39. The largest absolute Gasteiger partial charge is 0.381 e.